The van der Waals surface area contributed by atoms with Crippen LogP contribution in [0.2, 0.25) is 0 Å². The number of carbonyl (C=O) groups excluding carboxylic acids is 1. The zero-order chi connectivity index (χ0) is 9.97. The van der Waals surface area contributed by atoms with Gasteiger partial charge in [-0.15, -0.1) is 0 Å². The Hall–Kier alpha value is -1.55. The molecule has 0 saturated carbocycles. The number of rotatable bonds is 1. The van der Waals surface area contributed by atoms with Crippen molar-refractivity contribution >= 4 is 5.91 Å². The van der Waals surface area contributed by atoms with E-state index in [1.807, 2.05) is 0 Å². The quantitative estimate of drug-likeness (QED) is 0.728. The van der Waals surface area contributed by atoms with Crippen LogP contribution in [0.25, 0.3) is 0 Å². The first-order valence-electron chi connectivity index (χ1n) is 4.51. The van der Waals surface area contributed by atoms with Crippen LogP contribution in [0.4, 0.5) is 0 Å². The molecule has 0 atom stereocenters. The summed E-state index contributed by atoms with van der Waals surface area (Å²) in [6.45, 7) is 1.21. The first-order valence-corrected chi connectivity index (χ1v) is 4.51. The van der Waals surface area contributed by atoms with E-state index in [-0.39, 0.29) is 11.7 Å². The number of carbonyl (C=O) groups is 1. The highest BCUT2D eigenvalue weighted by molar-refractivity contribution is 5.93. The van der Waals surface area contributed by atoms with Crippen LogP contribution in [-0.4, -0.2) is 29.2 Å². The molecule has 0 unspecified atom stereocenters. The first kappa shape index (κ1) is 9.02. The molecule has 1 aromatic carbocycles. The molecule has 1 saturated heterocycles. The van der Waals surface area contributed by atoms with E-state index in [2.05, 4.69) is 0 Å². The summed E-state index contributed by atoms with van der Waals surface area (Å²) < 4.78 is 0. The lowest BCUT2D eigenvalue weighted by molar-refractivity contribution is -0.0768. The molecule has 74 valence electrons. The molecule has 4 nitrogen and oxygen atoms in total. The summed E-state index contributed by atoms with van der Waals surface area (Å²) in [4.78, 5) is 16.8. The average Bonchev–Trinajstić information content (AvgIpc) is 2.69. The zero-order valence-electron chi connectivity index (χ0n) is 7.64. The van der Waals surface area contributed by atoms with Crippen molar-refractivity contribution in [3.05, 3.63) is 29.8 Å². The third-order valence-electron chi connectivity index (χ3n) is 2.07. The number of hydroxylamine groups is 2. The van der Waals surface area contributed by atoms with Crippen molar-refractivity contribution in [3.8, 4) is 5.75 Å². The minimum absolute atomic E-state index is 0.0926. The van der Waals surface area contributed by atoms with Crippen LogP contribution in [0.5, 0.6) is 5.75 Å². The Morgan fingerprint density at radius 2 is 2.36 bits per heavy atom. The Bertz CT molecular complexity index is 345. The summed E-state index contributed by atoms with van der Waals surface area (Å²) in [5, 5.41) is 10.5. The molecule has 4 heteroatoms. The van der Waals surface area contributed by atoms with Crippen molar-refractivity contribution in [3.63, 3.8) is 0 Å². The second kappa shape index (κ2) is 3.67. The van der Waals surface area contributed by atoms with E-state index < -0.39 is 0 Å². The molecule has 0 aromatic heterocycles. The molecule has 1 amide bonds. The van der Waals surface area contributed by atoms with Crippen LogP contribution in [0.15, 0.2) is 24.3 Å². The third-order valence-corrected chi connectivity index (χ3v) is 2.07. The number of aromatic hydroxyl groups is 1. The number of hydrogen-bond donors (Lipinski definition) is 1. The van der Waals surface area contributed by atoms with Gasteiger partial charge in [0.05, 0.1) is 13.2 Å². The van der Waals surface area contributed by atoms with Gasteiger partial charge in [-0.3, -0.25) is 9.63 Å². The normalized spacial score (nSPS) is 15.9. The summed E-state index contributed by atoms with van der Waals surface area (Å²) in [6.07, 6.45) is 0.866. The van der Waals surface area contributed by atoms with Crippen molar-refractivity contribution < 1.29 is 14.7 Å². The number of nitrogens with zero attached hydrogens (tertiary/aromatic N) is 1. The minimum atomic E-state index is -0.196. The fourth-order valence-electron chi connectivity index (χ4n) is 1.39. The van der Waals surface area contributed by atoms with Crippen molar-refractivity contribution in [2.75, 3.05) is 13.2 Å². The molecule has 1 fully saturated rings. The lowest BCUT2D eigenvalue weighted by Crippen LogP contribution is -2.26. The SMILES string of the molecule is O=C(c1cccc(O)c1)N1CCCO1. The summed E-state index contributed by atoms with van der Waals surface area (Å²) in [5.41, 5.74) is 0.451. The Kier molecular flexibility index (Phi) is 2.37. The molecule has 1 heterocycles. The predicted molar refractivity (Wildman–Crippen MR) is 49.7 cm³/mol. The highest BCUT2D eigenvalue weighted by Crippen LogP contribution is 2.15. The van der Waals surface area contributed by atoms with E-state index in [9.17, 15) is 9.90 Å². The topological polar surface area (TPSA) is 49.8 Å². The van der Waals surface area contributed by atoms with Crippen molar-refractivity contribution in [2.45, 2.75) is 6.42 Å². The fraction of sp³-hybridized carbons (Fsp3) is 0.300. The van der Waals surface area contributed by atoms with E-state index in [0.717, 1.165) is 6.42 Å². The minimum Gasteiger partial charge on any atom is -0.508 e. The van der Waals surface area contributed by atoms with Gasteiger partial charge in [0.15, 0.2) is 0 Å². The molecule has 14 heavy (non-hydrogen) atoms. The van der Waals surface area contributed by atoms with Gasteiger partial charge in [0.2, 0.25) is 0 Å². The second-order valence-corrected chi connectivity index (χ2v) is 3.14. The zero-order valence-corrected chi connectivity index (χ0v) is 7.64. The Morgan fingerprint density at radius 3 is 3.00 bits per heavy atom. The summed E-state index contributed by atoms with van der Waals surface area (Å²) in [5.74, 6) is -0.103. The largest absolute Gasteiger partial charge is 0.508 e. The smallest absolute Gasteiger partial charge is 0.277 e. The number of phenols is 1. The molecule has 1 N–H and O–H groups in total. The summed E-state index contributed by atoms with van der Waals surface area (Å²) >= 11 is 0. The number of amides is 1. The van der Waals surface area contributed by atoms with Gasteiger partial charge >= 0.3 is 0 Å². The predicted octanol–water partition coefficient (Wildman–Crippen LogP) is 1.17. The number of phenolic OH excluding ortho intramolecular Hbond substituents is 1. The molecule has 0 aliphatic carbocycles. The van der Waals surface area contributed by atoms with Crippen molar-refractivity contribution in [1.82, 2.24) is 5.06 Å². The lowest BCUT2D eigenvalue weighted by atomic mass is 10.2. The maximum absolute atomic E-state index is 11.7. The van der Waals surface area contributed by atoms with Crippen LogP contribution in [0.3, 0.4) is 0 Å². The maximum Gasteiger partial charge on any atom is 0.277 e. The molecule has 1 aliphatic rings. The summed E-state index contributed by atoms with van der Waals surface area (Å²) in [6, 6.07) is 6.26. The molecule has 0 spiro atoms. The second-order valence-electron chi connectivity index (χ2n) is 3.14. The average molecular weight is 193 g/mol. The van der Waals surface area contributed by atoms with Crippen molar-refractivity contribution in [2.24, 2.45) is 0 Å². The van der Waals surface area contributed by atoms with Gasteiger partial charge in [0.1, 0.15) is 5.75 Å². The molecular formula is C10H11NO3. The highest BCUT2D eigenvalue weighted by atomic mass is 16.7. The van der Waals surface area contributed by atoms with Gasteiger partial charge in [0.25, 0.3) is 5.91 Å². The van der Waals surface area contributed by atoms with Crippen LogP contribution >= 0.6 is 0 Å². The molecule has 2 rings (SSSR count). The summed E-state index contributed by atoms with van der Waals surface area (Å²) in [7, 11) is 0. The molecule has 1 aliphatic heterocycles. The first-order chi connectivity index (χ1) is 6.77. The number of benzene rings is 1. The van der Waals surface area contributed by atoms with E-state index in [1.54, 1.807) is 12.1 Å². The van der Waals surface area contributed by atoms with E-state index in [4.69, 9.17) is 4.84 Å². The lowest BCUT2D eigenvalue weighted by Gasteiger charge is -2.13. The fourth-order valence-corrected chi connectivity index (χ4v) is 1.39. The third kappa shape index (κ3) is 1.70. The Balaban J connectivity index is 2.17. The maximum atomic E-state index is 11.7. The number of hydrogen-bond acceptors (Lipinski definition) is 3. The highest BCUT2D eigenvalue weighted by Gasteiger charge is 2.20. The van der Waals surface area contributed by atoms with E-state index in [0.29, 0.717) is 18.7 Å². The Morgan fingerprint density at radius 1 is 1.50 bits per heavy atom. The van der Waals surface area contributed by atoms with Crippen LogP contribution < -0.4 is 0 Å². The van der Waals surface area contributed by atoms with Gasteiger partial charge in [0, 0.05) is 5.56 Å². The van der Waals surface area contributed by atoms with Crippen LogP contribution in [0, 0.1) is 0 Å². The molecule has 0 bridgehead atoms. The van der Waals surface area contributed by atoms with Gasteiger partial charge in [-0.2, -0.15) is 0 Å². The standard InChI is InChI=1S/C10H11NO3/c12-9-4-1-3-8(7-9)10(13)11-5-2-6-14-11/h1,3-4,7,12H,2,5-6H2. The molecule has 0 radical (unpaired) electrons. The van der Waals surface area contributed by atoms with E-state index in [1.165, 1.54) is 17.2 Å². The van der Waals surface area contributed by atoms with E-state index >= 15 is 0 Å². The Labute approximate surface area is 81.7 Å². The monoisotopic (exact) mass is 193 g/mol. The van der Waals surface area contributed by atoms with Crippen molar-refractivity contribution in [1.29, 1.82) is 0 Å². The van der Waals surface area contributed by atoms with Gasteiger partial charge in [-0.25, -0.2) is 5.06 Å². The van der Waals surface area contributed by atoms with Gasteiger partial charge in [-0.1, -0.05) is 6.07 Å². The van der Waals surface area contributed by atoms with Crippen LogP contribution in [-0.2, 0) is 4.84 Å². The molecule has 1 aromatic rings. The molecular weight excluding hydrogens is 182 g/mol. The van der Waals surface area contributed by atoms with Crippen LogP contribution in [0.1, 0.15) is 16.8 Å². The van der Waals surface area contributed by atoms with Gasteiger partial charge < -0.3 is 5.11 Å². The van der Waals surface area contributed by atoms with Gasteiger partial charge in [-0.05, 0) is 24.6 Å².